The Balaban J connectivity index is 0.000000853. The molecule has 1 N–H and O–H groups in total. The van der Waals surface area contributed by atoms with Gasteiger partial charge in [0.2, 0.25) is 0 Å². The third kappa shape index (κ3) is 1.80. The molecule has 2 heterocycles. The third-order valence-corrected chi connectivity index (χ3v) is 2.75. The molecule has 3 rings (SSSR count). The second-order valence-corrected chi connectivity index (χ2v) is 3.66. The molecule has 0 saturated carbocycles. The van der Waals surface area contributed by atoms with E-state index in [1.165, 1.54) is 5.56 Å². The van der Waals surface area contributed by atoms with Gasteiger partial charge in [0, 0.05) is 31.4 Å². The zero-order valence-corrected chi connectivity index (χ0v) is 9.00. The molecule has 78 valence electrons. The van der Waals surface area contributed by atoms with Crippen LogP contribution in [0.15, 0.2) is 30.6 Å². The van der Waals surface area contributed by atoms with Gasteiger partial charge in [0.15, 0.2) is 0 Å². The summed E-state index contributed by atoms with van der Waals surface area (Å²) in [6.45, 7) is 2.18. The van der Waals surface area contributed by atoms with E-state index < -0.39 is 0 Å². The van der Waals surface area contributed by atoms with Crippen LogP contribution in [0.25, 0.3) is 11.0 Å². The normalized spacial score (nSPS) is 15.7. The molecule has 1 aliphatic rings. The van der Waals surface area contributed by atoms with Crippen molar-refractivity contribution in [2.24, 2.45) is 0 Å². The average Bonchev–Trinajstić information content (AvgIpc) is 2.15. The second kappa shape index (κ2) is 4.13. The number of fused-ring (bicyclic) bond motifs is 1. The van der Waals surface area contributed by atoms with E-state index in [9.17, 15) is 0 Å². The Morgan fingerprint density at radius 3 is 2.47 bits per heavy atom. The Hall–Kier alpha value is -1.19. The fourth-order valence-corrected chi connectivity index (χ4v) is 1.76. The summed E-state index contributed by atoms with van der Waals surface area (Å²) in [4.78, 5) is 8.55. The van der Waals surface area contributed by atoms with Crippen molar-refractivity contribution >= 4 is 23.4 Å². The van der Waals surface area contributed by atoms with E-state index in [0.717, 1.165) is 24.1 Å². The first-order valence-electron chi connectivity index (χ1n) is 4.85. The number of hydrogen-bond donors (Lipinski definition) is 1. The van der Waals surface area contributed by atoms with E-state index in [1.807, 2.05) is 0 Å². The Morgan fingerprint density at radius 1 is 1.07 bits per heavy atom. The fourth-order valence-electron chi connectivity index (χ4n) is 1.76. The fraction of sp³-hybridized carbons (Fsp3) is 0.273. The summed E-state index contributed by atoms with van der Waals surface area (Å²) < 4.78 is 0. The summed E-state index contributed by atoms with van der Waals surface area (Å²) in [6, 6.07) is 6.35. The highest BCUT2D eigenvalue weighted by atomic mass is 35.5. The first kappa shape index (κ1) is 10.3. The number of rotatable bonds is 1. The van der Waals surface area contributed by atoms with Crippen LogP contribution in [-0.4, -0.2) is 23.1 Å². The van der Waals surface area contributed by atoms with Gasteiger partial charge < -0.3 is 5.32 Å². The van der Waals surface area contributed by atoms with Crippen LogP contribution in [0.5, 0.6) is 0 Å². The van der Waals surface area contributed by atoms with Crippen LogP contribution >= 0.6 is 12.4 Å². The highest BCUT2D eigenvalue weighted by molar-refractivity contribution is 5.85. The van der Waals surface area contributed by atoms with E-state index in [4.69, 9.17) is 0 Å². The van der Waals surface area contributed by atoms with Gasteiger partial charge in [-0.25, -0.2) is 0 Å². The van der Waals surface area contributed by atoms with Crippen molar-refractivity contribution in [1.29, 1.82) is 0 Å². The molecular formula is C11H12ClN3. The molecule has 1 fully saturated rings. The molecule has 0 aliphatic carbocycles. The lowest BCUT2D eigenvalue weighted by atomic mass is 9.93. The van der Waals surface area contributed by atoms with Crippen LogP contribution in [0.1, 0.15) is 11.5 Å². The number of hydrogen-bond acceptors (Lipinski definition) is 3. The summed E-state index contributed by atoms with van der Waals surface area (Å²) in [7, 11) is 0. The predicted octanol–water partition coefficient (Wildman–Crippen LogP) is 1.74. The van der Waals surface area contributed by atoms with Gasteiger partial charge in [0.1, 0.15) is 0 Å². The summed E-state index contributed by atoms with van der Waals surface area (Å²) >= 11 is 0. The SMILES string of the molecule is Cl.c1cnc2cc(C3CNC3)ccc2n1. The van der Waals surface area contributed by atoms with Crippen molar-refractivity contribution in [3.8, 4) is 0 Å². The minimum absolute atomic E-state index is 0. The maximum absolute atomic E-state index is 4.30. The van der Waals surface area contributed by atoms with Gasteiger partial charge in [0.05, 0.1) is 11.0 Å². The van der Waals surface area contributed by atoms with Gasteiger partial charge in [-0.15, -0.1) is 12.4 Å². The van der Waals surface area contributed by atoms with Crippen molar-refractivity contribution in [2.45, 2.75) is 5.92 Å². The Kier molecular flexibility index (Phi) is 2.84. The number of aromatic nitrogens is 2. The number of nitrogens with one attached hydrogen (secondary N) is 1. The van der Waals surface area contributed by atoms with Crippen molar-refractivity contribution in [1.82, 2.24) is 15.3 Å². The number of halogens is 1. The van der Waals surface area contributed by atoms with E-state index in [-0.39, 0.29) is 12.4 Å². The molecule has 1 aromatic heterocycles. The second-order valence-electron chi connectivity index (χ2n) is 3.66. The van der Waals surface area contributed by atoms with Gasteiger partial charge in [-0.3, -0.25) is 9.97 Å². The molecule has 2 aromatic rings. The summed E-state index contributed by atoms with van der Waals surface area (Å²) in [5.41, 5.74) is 3.34. The summed E-state index contributed by atoms with van der Waals surface area (Å²) in [5.74, 6) is 0.668. The maximum atomic E-state index is 4.30. The monoisotopic (exact) mass is 221 g/mol. The standard InChI is InChI=1S/C11H11N3.ClH/c1-2-10-11(14-4-3-13-10)5-8(1)9-6-12-7-9;/h1-5,9,12H,6-7H2;1H. The lowest BCUT2D eigenvalue weighted by molar-refractivity contribution is 0.448. The smallest absolute Gasteiger partial charge is 0.0889 e. The quantitative estimate of drug-likeness (QED) is 0.797. The van der Waals surface area contributed by atoms with Gasteiger partial charge in [-0.1, -0.05) is 6.07 Å². The zero-order valence-electron chi connectivity index (χ0n) is 8.18. The Labute approximate surface area is 94.3 Å². The van der Waals surface area contributed by atoms with E-state index >= 15 is 0 Å². The minimum Gasteiger partial charge on any atom is -0.315 e. The molecule has 1 aliphatic heterocycles. The van der Waals surface area contributed by atoms with Crippen LogP contribution in [0.4, 0.5) is 0 Å². The molecule has 1 aromatic carbocycles. The molecule has 15 heavy (non-hydrogen) atoms. The molecule has 0 atom stereocenters. The Bertz CT molecular complexity index is 468. The molecule has 1 saturated heterocycles. The van der Waals surface area contributed by atoms with Crippen molar-refractivity contribution in [3.05, 3.63) is 36.2 Å². The highest BCUT2D eigenvalue weighted by Crippen LogP contribution is 2.22. The molecule has 3 nitrogen and oxygen atoms in total. The molecule has 0 bridgehead atoms. The predicted molar refractivity (Wildman–Crippen MR) is 62.4 cm³/mol. The minimum atomic E-state index is 0. The van der Waals surface area contributed by atoms with E-state index in [1.54, 1.807) is 12.4 Å². The number of nitrogens with zero attached hydrogens (tertiary/aromatic N) is 2. The highest BCUT2D eigenvalue weighted by Gasteiger charge is 2.18. The van der Waals surface area contributed by atoms with Crippen LogP contribution in [-0.2, 0) is 0 Å². The summed E-state index contributed by atoms with van der Waals surface area (Å²) in [6.07, 6.45) is 3.47. The molecule has 0 radical (unpaired) electrons. The molecular weight excluding hydrogens is 210 g/mol. The summed E-state index contributed by atoms with van der Waals surface area (Å²) in [5, 5.41) is 3.27. The average molecular weight is 222 g/mol. The van der Waals surface area contributed by atoms with Crippen molar-refractivity contribution < 1.29 is 0 Å². The lowest BCUT2D eigenvalue weighted by Gasteiger charge is -2.27. The van der Waals surface area contributed by atoms with E-state index in [2.05, 4.69) is 33.5 Å². The topological polar surface area (TPSA) is 37.8 Å². The zero-order chi connectivity index (χ0) is 9.38. The van der Waals surface area contributed by atoms with Crippen LogP contribution < -0.4 is 5.32 Å². The van der Waals surface area contributed by atoms with Crippen molar-refractivity contribution in [2.75, 3.05) is 13.1 Å². The third-order valence-electron chi connectivity index (χ3n) is 2.75. The largest absolute Gasteiger partial charge is 0.315 e. The van der Waals surface area contributed by atoms with E-state index in [0.29, 0.717) is 5.92 Å². The van der Waals surface area contributed by atoms with Crippen LogP contribution in [0.3, 0.4) is 0 Å². The molecule has 4 heteroatoms. The molecule has 0 amide bonds. The lowest BCUT2D eigenvalue weighted by Crippen LogP contribution is -2.39. The molecule has 0 unspecified atom stereocenters. The van der Waals surface area contributed by atoms with Gasteiger partial charge in [-0.2, -0.15) is 0 Å². The maximum Gasteiger partial charge on any atom is 0.0889 e. The van der Waals surface area contributed by atoms with Crippen molar-refractivity contribution in [3.63, 3.8) is 0 Å². The van der Waals surface area contributed by atoms with Gasteiger partial charge >= 0.3 is 0 Å². The van der Waals surface area contributed by atoms with Crippen LogP contribution in [0, 0.1) is 0 Å². The first-order valence-corrected chi connectivity index (χ1v) is 4.85. The van der Waals surface area contributed by atoms with Gasteiger partial charge in [0.25, 0.3) is 0 Å². The number of benzene rings is 1. The van der Waals surface area contributed by atoms with Crippen LogP contribution in [0.2, 0.25) is 0 Å². The first-order chi connectivity index (χ1) is 6.93. The van der Waals surface area contributed by atoms with Gasteiger partial charge in [-0.05, 0) is 17.7 Å². The molecule has 0 spiro atoms. The Morgan fingerprint density at radius 2 is 1.80 bits per heavy atom.